The van der Waals surface area contributed by atoms with Crippen molar-refractivity contribution >= 4 is 32.4 Å². The van der Waals surface area contributed by atoms with Crippen molar-refractivity contribution in [2.75, 3.05) is 25.0 Å². The van der Waals surface area contributed by atoms with Gasteiger partial charge in [0.25, 0.3) is 0 Å². The maximum absolute atomic E-state index is 4.46. The fourth-order valence-corrected chi connectivity index (χ4v) is 3.26. The molecule has 0 aliphatic carbocycles. The third kappa shape index (κ3) is 2.10. The molecule has 0 radical (unpaired) electrons. The van der Waals surface area contributed by atoms with Gasteiger partial charge in [0.05, 0.1) is 0 Å². The fourth-order valence-electron chi connectivity index (χ4n) is 1.91. The van der Waals surface area contributed by atoms with Gasteiger partial charge in [-0.3, -0.25) is 0 Å². The van der Waals surface area contributed by atoms with Gasteiger partial charge >= 0.3 is 0 Å². The molecule has 5 heteroatoms. The molecule has 78 valence electrons. The van der Waals surface area contributed by atoms with E-state index in [1.165, 1.54) is 12.8 Å². The van der Waals surface area contributed by atoms with Crippen LogP contribution in [-0.2, 0) is 0 Å². The number of likely N-dealkylation sites (N-methyl/N-ethyl adjacent to an activating group) is 1. The van der Waals surface area contributed by atoms with E-state index in [1.54, 1.807) is 11.3 Å². The molecule has 14 heavy (non-hydrogen) atoms. The summed E-state index contributed by atoms with van der Waals surface area (Å²) in [5.41, 5.74) is 0. The lowest BCUT2D eigenvalue weighted by Crippen LogP contribution is -2.36. The minimum absolute atomic E-state index is 0.623. The highest BCUT2D eigenvalue weighted by Crippen LogP contribution is 2.29. The number of halogens is 1. The number of rotatable bonds is 3. The zero-order chi connectivity index (χ0) is 9.97. The van der Waals surface area contributed by atoms with E-state index in [0.717, 1.165) is 22.8 Å². The van der Waals surface area contributed by atoms with E-state index in [2.05, 4.69) is 31.1 Å². The second kappa shape index (κ2) is 4.59. The topological polar surface area (TPSA) is 28.2 Å². The van der Waals surface area contributed by atoms with Crippen LogP contribution in [0.15, 0.2) is 9.98 Å². The molecule has 0 amide bonds. The highest BCUT2D eigenvalue weighted by Gasteiger charge is 2.25. The zero-order valence-electron chi connectivity index (χ0n) is 8.16. The van der Waals surface area contributed by atoms with Crippen molar-refractivity contribution in [2.24, 2.45) is 0 Å². The molecule has 1 saturated heterocycles. The van der Waals surface area contributed by atoms with Crippen LogP contribution in [0.2, 0.25) is 0 Å². The van der Waals surface area contributed by atoms with Crippen LogP contribution >= 0.6 is 27.3 Å². The predicted octanol–water partition coefficient (Wildman–Crippen LogP) is 2.09. The first-order chi connectivity index (χ1) is 6.81. The molecule has 0 bridgehead atoms. The molecule has 3 nitrogen and oxygen atoms in total. The molecule has 1 aliphatic heterocycles. The van der Waals surface area contributed by atoms with Gasteiger partial charge in [-0.1, -0.05) is 0 Å². The Bertz CT molecular complexity index is 302. The predicted molar refractivity (Wildman–Crippen MR) is 64.1 cm³/mol. The molecular weight excluding hydrogens is 262 g/mol. The van der Waals surface area contributed by atoms with Gasteiger partial charge in [-0.2, -0.15) is 0 Å². The largest absolute Gasteiger partial charge is 0.344 e. The lowest BCUT2D eigenvalue weighted by atomic mass is 10.2. The minimum atomic E-state index is 0.623. The molecule has 2 heterocycles. The summed E-state index contributed by atoms with van der Waals surface area (Å²) in [5.74, 6) is 0. The maximum Gasteiger partial charge on any atom is 0.186 e. The highest BCUT2D eigenvalue weighted by atomic mass is 79.9. The van der Waals surface area contributed by atoms with Crippen molar-refractivity contribution in [1.82, 2.24) is 10.3 Å². The lowest BCUT2D eigenvalue weighted by Gasteiger charge is -2.23. The normalized spacial score (nSPS) is 21.9. The van der Waals surface area contributed by atoms with Crippen molar-refractivity contribution in [3.63, 3.8) is 0 Å². The molecule has 0 aromatic carbocycles. The number of nitrogens with zero attached hydrogens (tertiary/aromatic N) is 2. The molecule has 1 unspecified atom stereocenters. The Hall–Kier alpha value is -0.130. The Balaban J connectivity index is 2.09. The Kier molecular flexibility index (Phi) is 3.41. The molecule has 1 atom stereocenters. The average molecular weight is 276 g/mol. The highest BCUT2D eigenvalue weighted by molar-refractivity contribution is 9.10. The van der Waals surface area contributed by atoms with Gasteiger partial charge in [-0.05, 0) is 35.8 Å². The van der Waals surface area contributed by atoms with Crippen LogP contribution < -0.4 is 10.2 Å². The summed E-state index contributed by atoms with van der Waals surface area (Å²) in [4.78, 5) is 6.87. The van der Waals surface area contributed by atoms with Crippen molar-refractivity contribution in [3.8, 4) is 0 Å². The van der Waals surface area contributed by atoms with E-state index in [1.807, 2.05) is 12.4 Å². The number of hydrogen-bond donors (Lipinski definition) is 1. The Morgan fingerprint density at radius 3 is 3.29 bits per heavy atom. The van der Waals surface area contributed by atoms with Gasteiger partial charge < -0.3 is 10.2 Å². The van der Waals surface area contributed by atoms with Gasteiger partial charge in [0.1, 0.15) is 4.60 Å². The average Bonchev–Trinajstić information content (AvgIpc) is 2.74. The summed E-state index contributed by atoms with van der Waals surface area (Å²) < 4.78 is 0.951. The second-order valence-corrected chi connectivity index (χ2v) is 5.15. The van der Waals surface area contributed by atoms with Crippen molar-refractivity contribution in [3.05, 3.63) is 9.98 Å². The van der Waals surface area contributed by atoms with Gasteiger partial charge in [0.15, 0.2) is 5.13 Å². The summed E-state index contributed by atoms with van der Waals surface area (Å²) in [6.45, 7) is 2.20. The number of hydrogen-bond acceptors (Lipinski definition) is 4. The first kappa shape index (κ1) is 10.4. The van der Waals surface area contributed by atoms with E-state index in [-0.39, 0.29) is 0 Å². The maximum atomic E-state index is 4.46. The third-order valence-electron chi connectivity index (χ3n) is 2.53. The van der Waals surface area contributed by atoms with Crippen LogP contribution in [0.3, 0.4) is 0 Å². The number of aromatic nitrogens is 1. The van der Waals surface area contributed by atoms with Crippen LogP contribution in [0.5, 0.6) is 0 Å². The van der Waals surface area contributed by atoms with E-state index >= 15 is 0 Å². The monoisotopic (exact) mass is 275 g/mol. The first-order valence-corrected chi connectivity index (χ1v) is 6.51. The molecule has 1 fully saturated rings. The van der Waals surface area contributed by atoms with Gasteiger partial charge in [-0.25, -0.2) is 4.98 Å². The zero-order valence-corrected chi connectivity index (χ0v) is 10.6. The Morgan fingerprint density at radius 1 is 1.79 bits per heavy atom. The Labute approximate surface area is 96.7 Å². The van der Waals surface area contributed by atoms with Crippen LogP contribution in [0.25, 0.3) is 0 Å². The second-order valence-electron chi connectivity index (χ2n) is 3.50. The van der Waals surface area contributed by atoms with E-state index in [9.17, 15) is 0 Å². The van der Waals surface area contributed by atoms with E-state index in [0.29, 0.717) is 6.04 Å². The summed E-state index contributed by atoms with van der Waals surface area (Å²) in [7, 11) is 2.01. The molecule has 1 N–H and O–H groups in total. The molecule has 1 aromatic rings. The molecule has 1 aromatic heterocycles. The summed E-state index contributed by atoms with van der Waals surface area (Å²) >= 11 is 5.11. The number of nitrogens with one attached hydrogen (secondary N) is 1. The fraction of sp³-hybridized carbons (Fsp3) is 0.667. The van der Waals surface area contributed by atoms with E-state index in [4.69, 9.17) is 0 Å². The van der Waals surface area contributed by atoms with Gasteiger partial charge in [0, 0.05) is 24.5 Å². The Morgan fingerprint density at radius 2 is 2.64 bits per heavy atom. The smallest absolute Gasteiger partial charge is 0.186 e. The lowest BCUT2D eigenvalue weighted by molar-refractivity contribution is 0.614. The van der Waals surface area contributed by atoms with Gasteiger partial charge in [0.2, 0.25) is 0 Å². The quantitative estimate of drug-likeness (QED) is 0.916. The summed E-state index contributed by atoms with van der Waals surface area (Å²) in [6, 6.07) is 0.623. The van der Waals surface area contributed by atoms with E-state index < -0.39 is 0 Å². The molecule has 0 saturated carbocycles. The third-order valence-corrected chi connectivity index (χ3v) is 4.11. The molecule has 2 rings (SSSR count). The van der Waals surface area contributed by atoms with Crippen molar-refractivity contribution in [2.45, 2.75) is 18.9 Å². The van der Waals surface area contributed by atoms with Crippen LogP contribution in [0.1, 0.15) is 12.8 Å². The minimum Gasteiger partial charge on any atom is -0.344 e. The SMILES string of the molecule is CNCC1CCCN1c1nc(Br)cs1. The molecule has 0 spiro atoms. The number of anilines is 1. The van der Waals surface area contributed by atoms with Crippen LogP contribution in [0.4, 0.5) is 5.13 Å². The number of thiazole rings is 1. The van der Waals surface area contributed by atoms with Crippen LogP contribution in [0, 0.1) is 0 Å². The first-order valence-electron chi connectivity index (χ1n) is 4.83. The molecule has 1 aliphatic rings. The van der Waals surface area contributed by atoms with Crippen molar-refractivity contribution in [1.29, 1.82) is 0 Å². The summed E-state index contributed by atoms with van der Waals surface area (Å²) in [6.07, 6.45) is 2.56. The standard InChI is InChI=1S/C9H14BrN3S/c1-11-5-7-3-2-4-13(7)9-12-8(10)6-14-9/h6-7,11H,2-5H2,1H3. The molecular formula is C9H14BrN3S. The van der Waals surface area contributed by atoms with Crippen molar-refractivity contribution < 1.29 is 0 Å². The van der Waals surface area contributed by atoms with Gasteiger partial charge in [-0.15, -0.1) is 11.3 Å². The summed E-state index contributed by atoms with van der Waals surface area (Å²) in [5, 5.41) is 6.43. The van der Waals surface area contributed by atoms with Crippen LogP contribution in [-0.4, -0.2) is 31.2 Å².